The van der Waals surface area contributed by atoms with Crippen LogP contribution < -0.4 is 10.6 Å². The molecular formula is C15H30N2O4. The summed E-state index contributed by atoms with van der Waals surface area (Å²) in [5, 5.41) is 5.15. The second-order valence-corrected chi connectivity index (χ2v) is 4.89. The minimum absolute atomic E-state index is 0.241. The Balaban J connectivity index is 0.00000191. The summed E-state index contributed by atoms with van der Waals surface area (Å²) in [5.74, 6) is -0.0105. The normalized spacial score (nSPS) is 18.0. The topological polar surface area (TPSA) is 76.7 Å². The largest absolute Gasteiger partial charge is 0.381 e. The molecule has 1 saturated heterocycles. The average molecular weight is 302 g/mol. The Morgan fingerprint density at radius 3 is 2.33 bits per heavy atom. The zero-order valence-corrected chi connectivity index (χ0v) is 13.9. The van der Waals surface area contributed by atoms with Gasteiger partial charge in [-0.05, 0) is 25.7 Å². The van der Waals surface area contributed by atoms with Crippen LogP contribution in [0.15, 0.2) is 0 Å². The number of likely N-dealkylation sites (N-methyl/N-ethyl adjacent to an activating group) is 1. The Bertz CT molecular complexity index is 304. The first-order chi connectivity index (χ1) is 10.0. The molecular weight excluding hydrogens is 272 g/mol. The Morgan fingerprint density at radius 1 is 1.29 bits per heavy atom. The summed E-state index contributed by atoms with van der Waals surface area (Å²) in [7, 11) is 1.54. The first kappa shape index (κ1) is 19.9. The van der Waals surface area contributed by atoms with Gasteiger partial charge >= 0.3 is 0 Å². The quantitative estimate of drug-likeness (QED) is 0.770. The van der Waals surface area contributed by atoms with Crippen LogP contribution in [0.2, 0.25) is 0 Å². The van der Waals surface area contributed by atoms with Crippen LogP contribution in [0.5, 0.6) is 0 Å². The van der Waals surface area contributed by atoms with Crippen molar-refractivity contribution in [1.29, 1.82) is 0 Å². The van der Waals surface area contributed by atoms with Crippen molar-refractivity contribution >= 4 is 11.8 Å². The molecule has 2 atom stereocenters. The Hall–Kier alpha value is -1.14. The first-order valence-electron chi connectivity index (χ1n) is 7.72. The van der Waals surface area contributed by atoms with Gasteiger partial charge in [0.2, 0.25) is 11.8 Å². The van der Waals surface area contributed by atoms with Crippen molar-refractivity contribution in [3.8, 4) is 0 Å². The van der Waals surface area contributed by atoms with E-state index < -0.39 is 6.04 Å². The van der Waals surface area contributed by atoms with Gasteiger partial charge in [-0.3, -0.25) is 9.59 Å². The minimum atomic E-state index is -0.651. The van der Waals surface area contributed by atoms with E-state index in [1.165, 1.54) is 6.92 Å². The number of ether oxygens (including phenoxy) is 2. The molecule has 0 bridgehead atoms. The van der Waals surface area contributed by atoms with E-state index in [9.17, 15) is 9.59 Å². The SMILES string of the molecule is CC.CNC(=O)C(NC(C)=O)C(C)OCC1CCOCC1. The lowest BCUT2D eigenvalue weighted by molar-refractivity contribution is -0.132. The van der Waals surface area contributed by atoms with Crippen LogP contribution in [0.25, 0.3) is 0 Å². The molecule has 0 aromatic rings. The van der Waals surface area contributed by atoms with E-state index in [0.717, 1.165) is 26.1 Å². The van der Waals surface area contributed by atoms with Crippen LogP contribution in [0, 0.1) is 5.92 Å². The number of carbonyl (C=O) groups is 2. The van der Waals surface area contributed by atoms with Crippen molar-refractivity contribution in [2.45, 2.75) is 52.7 Å². The van der Waals surface area contributed by atoms with Crippen molar-refractivity contribution in [2.75, 3.05) is 26.9 Å². The standard InChI is InChI=1S/C13H24N2O4.C2H6/c1-9(12(13(17)14-3)15-10(2)16)19-8-11-4-6-18-7-5-11;1-2/h9,11-12H,4-8H2,1-3H3,(H,14,17)(H,15,16);1-2H3. The molecule has 2 amide bonds. The van der Waals surface area contributed by atoms with Crippen LogP contribution in [-0.2, 0) is 19.1 Å². The van der Waals surface area contributed by atoms with E-state index in [2.05, 4.69) is 10.6 Å². The molecule has 1 aliphatic heterocycles. The maximum absolute atomic E-state index is 11.7. The van der Waals surface area contributed by atoms with Crippen molar-refractivity contribution in [3.63, 3.8) is 0 Å². The van der Waals surface area contributed by atoms with E-state index in [-0.39, 0.29) is 17.9 Å². The molecule has 0 saturated carbocycles. The molecule has 0 radical (unpaired) electrons. The number of carbonyl (C=O) groups excluding carboxylic acids is 2. The maximum atomic E-state index is 11.7. The third kappa shape index (κ3) is 8.02. The van der Waals surface area contributed by atoms with Crippen molar-refractivity contribution in [3.05, 3.63) is 0 Å². The molecule has 6 nitrogen and oxygen atoms in total. The van der Waals surface area contributed by atoms with Crippen molar-refractivity contribution in [1.82, 2.24) is 10.6 Å². The predicted molar refractivity (Wildman–Crippen MR) is 82.0 cm³/mol. The summed E-state index contributed by atoms with van der Waals surface area (Å²) in [6, 6.07) is -0.651. The fourth-order valence-corrected chi connectivity index (χ4v) is 2.07. The molecule has 2 N–H and O–H groups in total. The van der Waals surface area contributed by atoms with E-state index in [1.807, 2.05) is 13.8 Å². The van der Waals surface area contributed by atoms with E-state index >= 15 is 0 Å². The van der Waals surface area contributed by atoms with Gasteiger partial charge in [0.05, 0.1) is 12.7 Å². The lowest BCUT2D eigenvalue weighted by Gasteiger charge is -2.27. The molecule has 0 aliphatic carbocycles. The van der Waals surface area contributed by atoms with Crippen LogP contribution in [0.1, 0.15) is 40.5 Å². The van der Waals surface area contributed by atoms with E-state index in [4.69, 9.17) is 9.47 Å². The lowest BCUT2D eigenvalue weighted by Crippen LogP contribution is -2.52. The smallest absolute Gasteiger partial charge is 0.245 e. The van der Waals surface area contributed by atoms with Gasteiger partial charge in [-0.1, -0.05) is 13.8 Å². The molecule has 0 aromatic carbocycles. The number of amides is 2. The van der Waals surface area contributed by atoms with Gasteiger partial charge in [0.1, 0.15) is 6.04 Å². The molecule has 1 rings (SSSR count). The molecule has 1 fully saturated rings. The van der Waals surface area contributed by atoms with Crippen LogP contribution in [0.3, 0.4) is 0 Å². The van der Waals surface area contributed by atoms with Gasteiger partial charge in [-0.15, -0.1) is 0 Å². The molecule has 0 aromatic heterocycles. The monoisotopic (exact) mass is 302 g/mol. The van der Waals surface area contributed by atoms with Gasteiger partial charge in [-0.2, -0.15) is 0 Å². The van der Waals surface area contributed by atoms with Gasteiger partial charge in [0.15, 0.2) is 0 Å². The highest BCUT2D eigenvalue weighted by molar-refractivity contribution is 5.87. The highest BCUT2D eigenvalue weighted by Crippen LogP contribution is 2.16. The highest BCUT2D eigenvalue weighted by Gasteiger charge is 2.26. The maximum Gasteiger partial charge on any atom is 0.245 e. The fourth-order valence-electron chi connectivity index (χ4n) is 2.07. The molecule has 6 heteroatoms. The Morgan fingerprint density at radius 2 is 1.86 bits per heavy atom. The van der Waals surface area contributed by atoms with Crippen LogP contribution in [-0.4, -0.2) is 50.8 Å². The molecule has 2 unspecified atom stereocenters. The third-order valence-corrected chi connectivity index (χ3v) is 3.29. The third-order valence-electron chi connectivity index (χ3n) is 3.29. The van der Waals surface area contributed by atoms with Crippen LogP contribution >= 0.6 is 0 Å². The minimum Gasteiger partial charge on any atom is -0.381 e. The molecule has 1 aliphatic rings. The van der Waals surface area contributed by atoms with Crippen molar-refractivity contribution in [2.24, 2.45) is 5.92 Å². The summed E-state index contributed by atoms with van der Waals surface area (Å²) in [5.41, 5.74) is 0. The molecule has 124 valence electrons. The summed E-state index contributed by atoms with van der Waals surface area (Å²) < 4.78 is 11.0. The van der Waals surface area contributed by atoms with Gasteiger partial charge in [-0.25, -0.2) is 0 Å². The number of hydrogen-bond acceptors (Lipinski definition) is 4. The van der Waals surface area contributed by atoms with Crippen molar-refractivity contribution < 1.29 is 19.1 Å². The Kier molecular flexibility index (Phi) is 10.9. The number of nitrogens with one attached hydrogen (secondary N) is 2. The number of rotatable bonds is 6. The summed E-state index contributed by atoms with van der Waals surface area (Å²) in [6.07, 6.45) is 1.61. The van der Waals surface area contributed by atoms with E-state index in [0.29, 0.717) is 12.5 Å². The molecule has 0 spiro atoms. The predicted octanol–water partition coefficient (Wildman–Crippen LogP) is 1.10. The summed E-state index contributed by atoms with van der Waals surface area (Å²) in [4.78, 5) is 22.8. The van der Waals surface area contributed by atoms with Gasteiger partial charge in [0.25, 0.3) is 0 Å². The van der Waals surface area contributed by atoms with Gasteiger partial charge in [0, 0.05) is 27.2 Å². The van der Waals surface area contributed by atoms with E-state index in [1.54, 1.807) is 14.0 Å². The molecule has 21 heavy (non-hydrogen) atoms. The molecule has 1 heterocycles. The Labute approximate surface area is 127 Å². The van der Waals surface area contributed by atoms with Crippen LogP contribution in [0.4, 0.5) is 0 Å². The lowest BCUT2D eigenvalue weighted by atomic mass is 10.0. The second-order valence-electron chi connectivity index (χ2n) is 4.89. The summed E-state index contributed by atoms with van der Waals surface area (Å²) in [6.45, 7) is 9.33. The number of hydrogen-bond donors (Lipinski definition) is 2. The average Bonchev–Trinajstić information content (AvgIpc) is 2.52. The zero-order valence-electron chi connectivity index (χ0n) is 13.9. The van der Waals surface area contributed by atoms with Gasteiger partial charge < -0.3 is 20.1 Å². The zero-order chi connectivity index (χ0) is 16.3. The fraction of sp³-hybridized carbons (Fsp3) is 0.867. The first-order valence-corrected chi connectivity index (χ1v) is 7.72. The highest BCUT2D eigenvalue weighted by atomic mass is 16.5. The summed E-state index contributed by atoms with van der Waals surface area (Å²) >= 11 is 0. The second kappa shape index (κ2) is 11.5.